The van der Waals surface area contributed by atoms with Gasteiger partial charge in [0.1, 0.15) is 54.9 Å². The Kier molecular flexibility index (Phi) is 36.7. The number of ether oxygens (including phenoxy) is 7. The molecule has 8 amide bonds. The molecule has 2 aromatic rings. The molecule has 528 valence electrons. The van der Waals surface area contributed by atoms with Crippen molar-refractivity contribution in [2.24, 2.45) is 0 Å². The van der Waals surface area contributed by atoms with Crippen molar-refractivity contribution in [2.75, 3.05) is 66.0 Å². The van der Waals surface area contributed by atoms with Crippen molar-refractivity contribution < 1.29 is 81.4 Å². The molecule has 0 spiro atoms. The van der Waals surface area contributed by atoms with Crippen LogP contribution in [0.25, 0.3) is 11.1 Å². The molecule has 1 fully saturated rings. The van der Waals surface area contributed by atoms with Crippen LogP contribution >= 0.6 is 0 Å². The number of hydrogen-bond donors (Lipinski definition) is 8. The van der Waals surface area contributed by atoms with E-state index >= 15 is 0 Å². The molecule has 0 bridgehead atoms. The van der Waals surface area contributed by atoms with Crippen LogP contribution in [0.15, 0.2) is 48.5 Å². The number of carbonyl (C=O) groups excluding carboxylic acids is 8. The van der Waals surface area contributed by atoms with Crippen LogP contribution in [0.1, 0.15) is 183 Å². The molecule has 1 saturated heterocycles. The first-order valence-corrected chi connectivity index (χ1v) is 34.3. The summed E-state index contributed by atoms with van der Waals surface area (Å²) in [5.74, 6) is -7.19. The normalized spacial score (nSPS) is 17.1. The number of carboxylic acid groups (broad SMARTS) is 1. The monoisotopic (exact) mass is 1320 g/mol. The maximum atomic E-state index is 15.0. The Hall–Kier alpha value is -6.77. The van der Waals surface area contributed by atoms with Gasteiger partial charge < -0.3 is 80.4 Å². The summed E-state index contributed by atoms with van der Waals surface area (Å²) in [5.41, 5.74) is 4.07. The molecule has 4 unspecified atom stereocenters. The topological polar surface area (TPSA) is 326 Å². The summed E-state index contributed by atoms with van der Waals surface area (Å²) in [6.45, 7) is 20.2. The van der Waals surface area contributed by atoms with Gasteiger partial charge in [-0.05, 0) is 108 Å². The summed E-state index contributed by atoms with van der Waals surface area (Å²) in [5, 5.41) is 28.9. The quantitative estimate of drug-likeness (QED) is 0.0335. The predicted octanol–water partition coefficient (Wildman–Crippen LogP) is 6.35. The number of nitrogens with zero attached hydrogens (tertiary/aromatic N) is 1. The molecule has 94 heavy (non-hydrogen) atoms. The number of nitrogens with one attached hydrogen (secondary N) is 7. The number of benzene rings is 2. The summed E-state index contributed by atoms with van der Waals surface area (Å²) in [6, 6.07) is 4.67. The second-order valence-electron chi connectivity index (χ2n) is 24.4. The number of likely N-dealkylation sites (tertiary alicyclic amines) is 1. The Labute approximate surface area is 556 Å². The summed E-state index contributed by atoms with van der Waals surface area (Å²) in [4.78, 5) is 129. The van der Waals surface area contributed by atoms with E-state index in [1.54, 1.807) is 27.7 Å². The summed E-state index contributed by atoms with van der Waals surface area (Å²) in [7, 11) is 0. The molecule has 25 nitrogen and oxygen atoms in total. The molecule has 25 heteroatoms. The highest BCUT2D eigenvalue weighted by Gasteiger charge is 2.41. The van der Waals surface area contributed by atoms with Gasteiger partial charge in [-0.3, -0.25) is 33.6 Å². The molecule has 0 aromatic heterocycles. The van der Waals surface area contributed by atoms with E-state index in [4.69, 9.17) is 33.2 Å². The first-order chi connectivity index (χ1) is 45.2. The zero-order valence-electron chi connectivity index (χ0n) is 57.5. The molecule has 1 aliphatic heterocycles. The Bertz CT molecular complexity index is 2640. The smallest absolute Gasteiger partial charge is 0.407 e. The van der Waals surface area contributed by atoms with E-state index in [1.807, 2.05) is 90.1 Å². The molecular weight excluding hydrogens is 1210 g/mol. The number of carbonyl (C=O) groups is 9. The minimum atomic E-state index is -1.55. The Morgan fingerprint density at radius 1 is 0.468 bits per heavy atom. The van der Waals surface area contributed by atoms with E-state index in [0.29, 0.717) is 44.9 Å². The largest absolute Gasteiger partial charge is 0.480 e. The van der Waals surface area contributed by atoms with E-state index in [0.717, 1.165) is 60.8 Å². The average molecular weight is 1320 g/mol. The van der Waals surface area contributed by atoms with Crippen LogP contribution in [0.2, 0.25) is 0 Å². The van der Waals surface area contributed by atoms with Gasteiger partial charge in [0.25, 0.3) is 0 Å². The van der Waals surface area contributed by atoms with Gasteiger partial charge >= 0.3 is 12.1 Å². The van der Waals surface area contributed by atoms with Gasteiger partial charge in [0, 0.05) is 52.1 Å². The Morgan fingerprint density at radius 3 is 1.21 bits per heavy atom. The van der Waals surface area contributed by atoms with Crippen LogP contribution in [-0.4, -0.2) is 202 Å². The van der Waals surface area contributed by atoms with Crippen molar-refractivity contribution >= 4 is 53.4 Å². The number of unbranched alkanes of at least 4 members (excludes halogenated alkanes) is 6. The SMILES string of the molecule is CCCCOC[C@H](NC(=O)[C@@H](NC(=O)[C@@H](NC(=O)OCC1c2ccccc2-c2ccccc21)C(C)OCCCC)C(C)OCCCC)C(=O)N[C@H](C(=O)N[C@H](C(=O)N[C@@H](COCCCC)C(=O)N[C@@H](C)C(=O)N1CCC[C@H]1C(=O)O)C(C)OCCCC)C(C)OCCCC. The van der Waals surface area contributed by atoms with Crippen molar-refractivity contribution in [1.82, 2.24) is 42.1 Å². The number of aliphatic carboxylic acids is 1. The number of hydrogen-bond acceptors (Lipinski definition) is 16. The fraction of sp³-hybridized carbons (Fsp3) is 0.696. The minimum absolute atomic E-state index is 0.0364. The Balaban J connectivity index is 1.66. The van der Waals surface area contributed by atoms with Gasteiger partial charge in [0.15, 0.2) is 0 Å². The third-order valence-corrected chi connectivity index (χ3v) is 16.7. The van der Waals surface area contributed by atoms with E-state index in [9.17, 15) is 48.3 Å². The van der Waals surface area contributed by atoms with Crippen LogP contribution in [-0.2, 0) is 71.5 Å². The van der Waals surface area contributed by atoms with Gasteiger partial charge in [-0.1, -0.05) is 129 Å². The van der Waals surface area contributed by atoms with Gasteiger partial charge in [-0.25, -0.2) is 9.59 Å². The third-order valence-electron chi connectivity index (χ3n) is 16.7. The second-order valence-corrected chi connectivity index (χ2v) is 24.4. The van der Waals surface area contributed by atoms with Gasteiger partial charge in [0.05, 0.1) is 37.6 Å². The number of alkyl carbamates (subject to hydrolysis) is 1. The molecule has 0 saturated carbocycles. The van der Waals surface area contributed by atoms with Crippen molar-refractivity contribution in [2.45, 2.75) is 245 Å². The zero-order chi connectivity index (χ0) is 69.1. The number of amides is 8. The van der Waals surface area contributed by atoms with E-state index < -0.39 is 133 Å². The maximum absolute atomic E-state index is 15.0. The van der Waals surface area contributed by atoms with Crippen LogP contribution in [0.3, 0.4) is 0 Å². The van der Waals surface area contributed by atoms with Crippen LogP contribution in [0.4, 0.5) is 4.79 Å². The molecule has 8 N–H and O–H groups in total. The summed E-state index contributed by atoms with van der Waals surface area (Å²) >= 11 is 0. The van der Waals surface area contributed by atoms with Crippen molar-refractivity contribution in [1.29, 1.82) is 0 Å². The van der Waals surface area contributed by atoms with Gasteiger partial charge in [-0.15, -0.1) is 0 Å². The molecule has 4 rings (SSSR count). The fourth-order valence-electron chi connectivity index (χ4n) is 10.8. The first-order valence-electron chi connectivity index (χ1n) is 34.3. The third kappa shape index (κ3) is 25.4. The van der Waals surface area contributed by atoms with Crippen LogP contribution in [0.5, 0.6) is 0 Å². The van der Waals surface area contributed by atoms with E-state index in [1.165, 1.54) is 11.8 Å². The standard InChI is InChI=1S/C69H110N8O17/c1-12-18-35-88-42-54(61(78)70-44(7)67(84)77-34-28-33-56(77)68(85)86)71-63(80)57(45(8)90-37-20-14-3)74-65(82)59(47(10)92-39-22-16-5)73-62(79)55(43-89-36-19-13-2)72-64(81)58(46(9)91-38-21-15-4)75-66(83)60(48(11)93-40-23-17-6)76-69(87)94-41-53-51-31-26-24-29-49(51)50-30-25-27-32-52(50)53/h24-27,29-32,44-48,53-60H,12-23,28,33-43H2,1-11H3,(H,70,78)(H,71,80)(H,72,81)(H,73,79)(H,74,82)(H,75,83)(H,76,87)(H,85,86)/t44-,45?,46?,47?,48?,54-,55-,56-,57-,58-,59-,60-/m0/s1. The highest BCUT2D eigenvalue weighted by Crippen LogP contribution is 2.44. The lowest BCUT2D eigenvalue weighted by Gasteiger charge is -2.32. The fourth-order valence-corrected chi connectivity index (χ4v) is 10.8. The summed E-state index contributed by atoms with van der Waals surface area (Å²) in [6.07, 6.45) is 4.03. The lowest BCUT2D eigenvalue weighted by molar-refractivity contribution is -0.149. The Morgan fingerprint density at radius 2 is 0.819 bits per heavy atom. The number of fused-ring (bicyclic) bond motifs is 3. The van der Waals surface area contributed by atoms with Crippen LogP contribution < -0.4 is 37.2 Å². The average Bonchev–Trinajstić information content (AvgIpc) is 1.61. The zero-order valence-corrected chi connectivity index (χ0v) is 57.5. The number of carboxylic acids is 1. The molecule has 12 atom stereocenters. The predicted molar refractivity (Wildman–Crippen MR) is 354 cm³/mol. The minimum Gasteiger partial charge on any atom is -0.480 e. The molecule has 2 aromatic carbocycles. The van der Waals surface area contributed by atoms with Crippen molar-refractivity contribution in [3.63, 3.8) is 0 Å². The highest BCUT2D eigenvalue weighted by atomic mass is 16.6. The van der Waals surface area contributed by atoms with Crippen molar-refractivity contribution in [3.05, 3.63) is 59.7 Å². The number of rotatable bonds is 47. The molecule has 1 aliphatic carbocycles. The lowest BCUT2D eigenvalue weighted by Crippen LogP contribution is -2.65. The maximum Gasteiger partial charge on any atom is 0.407 e. The van der Waals surface area contributed by atoms with Gasteiger partial charge in [0.2, 0.25) is 41.4 Å². The van der Waals surface area contributed by atoms with E-state index in [2.05, 4.69) is 37.2 Å². The van der Waals surface area contributed by atoms with E-state index in [-0.39, 0.29) is 71.7 Å². The molecular formula is C69H110N8O17. The second kappa shape index (κ2) is 43.3. The first kappa shape index (κ1) is 79.7. The molecule has 2 aliphatic rings. The molecule has 1 heterocycles. The lowest BCUT2D eigenvalue weighted by atomic mass is 9.98. The summed E-state index contributed by atoms with van der Waals surface area (Å²) < 4.78 is 42.2. The highest BCUT2D eigenvalue weighted by molar-refractivity contribution is 5.98. The van der Waals surface area contributed by atoms with Crippen LogP contribution in [0, 0.1) is 0 Å². The van der Waals surface area contributed by atoms with Gasteiger partial charge in [-0.2, -0.15) is 0 Å². The van der Waals surface area contributed by atoms with Crippen molar-refractivity contribution in [3.8, 4) is 11.1 Å². The molecule has 0 radical (unpaired) electrons.